The molecule has 2 saturated carbocycles. The predicted molar refractivity (Wildman–Crippen MR) is 93.8 cm³/mol. The summed E-state index contributed by atoms with van der Waals surface area (Å²) >= 11 is 0. The molecule has 5 nitrogen and oxygen atoms in total. The van der Waals surface area contributed by atoms with Gasteiger partial charge in [0.2, 0.25) is 0 Å². The zero-order valence-corrected chi connectivity index (χ0v) is 15.5. The van der Waals surface area contributed by atoms with Crippen molar-refractivity contribution in [3.05, 3.63) is 24.2 Å². The number of aryl methyl sites for hydroxylation is 1. The molecule has 2 aliphatic rings. The lowest BCUT2D eigenvalue weighted by atomic mass is 9.42. The monoisotopic (exact) mass is 352 g/mol. The molecule has 0 radical (unpaired) electrons. The van der Waals surface area contributed by atoms with Crippen LogP contribution < -0.4 is 0 Å². The van der Waals surface area contributed by atoms with Crippen molar-refractivity contribution in [3.63, 3.8) is 0 Å². The Kier molecular flexibility index (Phi) is 4.82. The van der Waals surface area contributed by atoms with Gasteiger partial charge in [-0.3, -0.25) is 0 Å². The van der Waals surface area contributed by atoms with Gasteiger partial charge in [0.05, 0.1) is 25.2 Å². The number of fused-ring (bicyclic) bond motifs is 1. The first-order valence-corrected chi connectivity index (χ1v) is 9.39. The van der Waals surface area contributed by atoms with Crippen LogP contribution in [0.25, 0.3) is 0 Å². The minimum Gasteiger partial charge on any atom is -0.472 e. The minimum atomic E-state index is -1.67. The molecule has 1 aromatic heterocycles. The third-order valence-electron chi connectivity index (χ3n) is 7.88. The maximum Gasteiger partial charge on any atom is 0.122 e. The SMILES string of the molecule is CC1CCC2(C)C(CC(O)C(O)C2(O)CO)C1(C)CCc1ccoc1. The molecule has 7 atom stereocenters. The topological polar surface area (TPSA) is 94.1 Å². The number of hydrogen-bond donors (Lipinski definition) is 4. The van der Waals surface area contributed by atoms with Crippen LogP contribution in [0.15, 0.2) is 23.0 Å². The lowest BCUT2D eigenvalue weighted by Gasteiger charge is -2.65. The Morgan fingerprint density at radius 1 is 1.28 bits per heavy atom. The van der Waals surface area contributed by atoms with E-state index in [4.69, 9.17) is 4.42 Å². The van der Waals surface area contributed by atoms with Crippen LogP contribution in [0.4, 0.5) is 0 Å². The molecular formula is C20H32O5. The molecule has 1 aromatic rings. The van der Waals surface area contributed by atoms with Crippen LogP contribution in [0.2, 0.25) is 0 Å². The highest BCUT2D eigenvalue weighted by Gasteiger charge is 2.66. The van der Waals surface area contributed by atoms with Gasteiger partial charge in [0, 0.05) is 5.41 Å². The summed E-state index contributed by atoms with van der Waals surface area (Å²) in [6.45, 7) is 5.92. The van der Waals surface area contributed by atoms with E-state index in [1.54, 1.807) is 12.5 Å². The average molecular weight is 352 g/mol. The van der Waals surface area contributed by atoms with Crippen LogP contribution >= 0.6 is 0 Å². The molecule has 0 aromatic carbocycles. The van der Waals surface area contributed by atoms with E-state index in [1.807, 2.05) is 13.0 Å². The van der Waals surface area contributed by atoms with E-state index in [0.29, 0.717) is 12.3 Å². The maximum atomic E-state index is 11.2. The Labute approximate surface area is 149 Å². The van der Waals surface area contributed by atoms with Gasteiger partial charge in [-0.15, -0.1) is 0 Å². The number of aliphatic hydroxyl groups is 4. The molecule has 7 unspecified atom stereocenters. The van der Waals surface area contributed by atoms with Gasteiger partial charge in [0.15, 0.2) is 0 Å². The maximum absolute atomic E-state index is 11.2. The highest BCUT2D eigenvalue weighted by molar-refractivity contribution is 5.16. The van der Waals surface area contributed by atoms with Crippen LogP contribution in [-0.4, -0.2) is 44.8 Å². The summed E-state index contributed by atoms with van der Waals surface area (Å²) in [5.41, 5.74) is -1.26. The van der Waals surface area contributed by atoms with Crippen molar-refractivity contribution >= 4 is 0 Å². The van der Waals surface area contributed by atoms with Gasteiger partial charge in [-0.1, -0.05) is 20.8 Å². The Morgan fingerprint density at radius 3 is 2.60 bits per heavy atom. The summed E-state index contributed by atoms with van der Waals surface area (Å²) in [5.74, 6) is 0.453. The molecule has 5 heteroatoms. The van der Waals surface area contributed by atoms with Crippen molar-refractivity contribution < 1.29 is 24.8 Å². The zero-order chi connectivity index (χ0) is 18.5. The number of furan rings is 1. The van der Waals surface area contributed by atoms with Crippen LogP contribution in [0.1, 0.15) is 52.0 Å². The summed E-state index contributed by atoms with van der Waals surface area (Å²) in [7, 11) is 0. The van der Waals surface area contributed by atoms with Crippen LogP contribution in [0, 0.1) is 22.7 Å². The van der Waals surface area contributed by atoms with E-state index >= 15 is 0 Å². The largest absolute Gasteiger partial charge is 0.472 e. The summed E-state index contributed by atoms with van der Waals surface area (Å²) in [6.07, 6.45) is 5.02. The molecule has 0 aliphatic heterocycles. The van der Waals surface area contributed by atoms with Gasteiger partial charge >= 0.3 is 0 Å². The summed E-state index contributed by atoms with van der Waals surface area (Å²) < 4.78 is 5.18. The molecule has 1 heterocycles. The van der Waals surface area contributed by atoms with Gasteiger partial charge in [0.25, 0.3) is 0 Å². The third-order valence-corrected chi connectivity index (χ3v) is 7.88. The molecule has 4 N–H and O–H groups in total. The van der Waals surface area contributed by atoms with Crippen molar-refractivity contribution in [2.24, 2.45) is 22.7 Å². The third kappa shape index (κ3) is 2.67. The second-order valence-corrected chi connectivity index (χ2v) is 8.88. The number of hydrogen-bond acceptors (Lipinski definition) is 5. The van der Waals surface area contributed by atoms with Crippen molar-refractivity contribution in [2.75, 3.05) is 6.61 Å². The van der Waals surface area contributed by atoms with E-state index in [2.05, 4.69) is 13.8 Å². The normalized spacial score (nSPS) is 47.5. The molecule has 0 spiro atoms. The molecule has 0 amide bonds. The Hall–Kier alpha value is -0.880. The smallest absolute Gasteiger partial charge is 0.122 e. The van der Waals surface area contributed by atoms with E-state index < -0.39 is 29.8 Å². The fourth-order valence-electron chi connectivity index (χ4n) is 5.71. The molecule has 25 heavy (non-hydrogen) atoms. The second kappa shape index (κ2) is 6.38. The van der Waals surface area contributed by atoms with Crippen LogP contribution in [0.5, 0.6) is 0 Å². The number of rotatable bonds is 4. The van der Waals surface area contributed by atoms with Crippen molar-refractivity contribution in [1.29, 1.82) is 0 Å². The van der Waals surface area contributed by atoms with Gasteiger partial charge < -0.3 is 24.8 Å². The average Bonchev–Trinajstić information content (AvgIpc) is 3.11. The molecule has 142 valence electrons. The Balaban J connectivity index is 1.95. The van der Waals surface area contributed by atoms with Crippen LogP contribution in [0.3, 0.4) is 0 Å². The van der Waals surface area contributed by atoms with Gasteiger partial charge in [-0.25, -0.2) is 0 Å². The first-order valence-electron chi connectivity index (χ1n) is 9.39. The molecule has 2 aliphatic carbocycles. The van der Waals surface area contributed by atoms with Gasteiger partial charge in [-0.05, 0) is 61.0 Å². The van der Waals surface area contributed by atoms with Crippen LogP contribution in [-0.2, 0) is 6.42 Å². The summed E-state index contributed by atoms with van der Waals surface area (Å²) in [4.78, 5) is 0. The fraction of sp³-hybridized carbons (Fsp3) is 0.800. The van der Waals surface area contributed by atoms with Gasteiger partial charge in [-0.2, -0.15) is 0 Å². The molecule has 0 bridgehead atoms. The summed E-state index contributed by atoms with van der Waals surface area (Å²) in [5, 5.41) is 42.0. The fourth-order valence-corrected chi connectivity index (χ4v) is 5.71. The standard InChI is InChI=1S/C20H32O5/c1-13-4-8-19(3)16(10-15(22)17(23)20(19,24)12-21)18(13,2)7-5-14-6-9-25-11-14/h6,9,11,13,15-17,21-24H,4-5,7-8,10,12H2,1-3H3. The molecule has 3 rings (SSSR count). The van der Waals surface area contributed by atoms with Gasteiger partial charge in [0.1, 0.15) is 11.7 Å². The Bertz CT molecular complexity index is 587. The first kappa shape index (κ1) is 18.9. The molecule has 0 saturated heterocycles. The van der Waals surface area contributed by atoms with Crippen molar-refractivity contribution in [3.8, 4) is 0 Å². The molecule has 2 fully saturated rings. The van der Waals surface area contributed by atoms with E-state index in [1.165, 1.54) is 0 Å². The zero-order valence-electron chi connectivity index (χ0n) is 15.5. The second-order valence-electron chi connectivity index (χ2n) is 8.88. The van der Waals surface area contributed by atoms with Crippen molar-refractivity contribution in [1.82, 2.24) is 0 Å². The van der Waals surface area contributed by atoms with E-state index in [0.717, 1.165) is 31.2 Å². The highest BCUT2D eigenvalue weighted by atomic mass is 16.4. The molecular weight excluding hydrogens is 320 g/mol. The van der Waals surface area contributed by atoms with E-state index in [-0.39, 0.29) is 11.3 Å². The number of aliphatic hydroxyl groups excluding tert-OH is 3. The predicted octanol–water partition coefficient (Wildman–Crippen LogP) is 2.12. The quantitative estimate of drug-likeness (QED) is 0.666. The first-order chi connectivity index (χ1) is 11.7. The Morgan fingerprint density at radius 2 is 2.00 bits per heavy atom. The van der Waals surface area contributed by atoms with E-state index in [9.17, 15) is 20.4 Å². The lowest BCUT2D eigenvalue weighted by Crippen LogP contribution is -2.71. The lowest BCUT2D eigenvalue weighted by molar-refractivity contribution is -0.281. The minimum absolute atomic E-state index is 0.0196. The summed E-state index contributed by atoms with van der Waals surface area (Å²) in [6, 6.07) is 1.97. The van der Waals surface area contributed by atoms with Crippen molar-refractivity contribution in [2.45, 2.75) is 70.7 Å². The highest BCUT2D eigenvalue weighted by Crippen LogP contribution is 2.64.